The number of amides is 4. The van der Waals surface area contributed by atoms with Crippen LogP contribution in [0.5, 0.6) is 0 Å². The molecule has 52 heavy (non-hydrogen) atoms. The number of carbonyl (C=O) groups is 7. The first-order valence-electron chi connectivity index (χ1n) is 16.6. The third-order valence-electron chi connectivity index (χ3n) is 8.01. The second kappa shape index (κ2) is 20.6. The van der Waals surface area contributed by atoms with Crippen molar-refractivity contribution in [1.29, 1.82) is 0 Å². The van der Waals surface area contributed by atoms with Gasteiger partial charge in [0, 0.05) is 32.1 Å². The Morgan fingerprint density at radius 3 is 1.17 bits per heavy atom. The molecule has 15 nitrogen and oxygen atoms in total. The molecule has 0 radical (unpaired) electrons. The van der Waals surface area contributed by atoms with Crippen molar-refractivity contribution in [2.75, 3.05) is 0 Å². The van der Waals surface area contributed by atoms with Crippen LogP contribution in [0.3, 0.4) is 0 Å². The molecule has 9 N–H and O–H groups in total. The van der Waals surface area contributed by atoms with E-state index in [9.17, 15) is 43.8 Å². The zero-order chi connectivity index (χ0) is 38.0. The van der Waals surface area contributed by atoms with Gasteiger partial charge in [-0.2, -0.15) is 0 Å². The molecule has 0 aliphatic heterocycles. The summed E-state index contributed by atoms with van der Waals surface area (Å²) in [6.07, 6.45) is -1.72. The van der Waals surface area contributed by atoms with E-state index in [-0.39, 0.29) is 32.1 Å². The van der Waals surface area contributed by atoms with E-state index in [2.05, 4.69) is 21.3 Å². The Morgan fingerprint density at radius 1 is 0.462 bits per heavy atom. The first kappa shape index (κ1) is 40.3. The fourth-order valence-electron chi connectivity index (χ4n) is 5.21. The molecule has 0 aromatic heterocycles. The van der Waals surface area contributed by atoms with Gasteiger partial charge in [-0.25, -0.2) is 4.79 Å². The molecule has 0 fully saturated rings. The van der Waals surface area contributed by atoms with Crippen LogP contribution in [-0.2, 0) is 52.8 Å². The molecule has 3 aromatic rings. The lowest BCUT2D eigenvalue weighted by atomic mass is 10.0. The maximum atomic E-state index is 14.0. The number of hydrogen-bond acceptors (Lipinski definition) is 8. The molecule has 0 bridgehead atoms. The van der Waals surface area contributed by atoms with E-state index in [4.69, 9.17) is 10.8 Å². The van der Waals surface area contributed by atoms with Crippen molar-refractivity contribution in [3.05, 3.63) is 108 Å². The van der Waals surface area contributed by atoms with Gasteiger partial charge in [0.2, 0.25) is 23.6 Å². The maximum absolute atomic E-state index is 14.0. The number of nitrogens with two attached hydrogens (primary N) is 1. The van der Waals surface area contributed by atoms with Gasteiger partial charge in [-0.3, -0.25) is 28.8 Å². The highest BCUT2D eigenvalue weighted by molar-refractivity contribution is 5.96. The number of rotatable bonds is 21. The van der Waals surface area contributed by atoms with Crippen molar-refractivity contribution in [1.82, 2.24) is 21.3 Å². The first-order chi connectivity index (χ1) is 24.8. The predicted molar refractivity (Wildman–Crippen MR) is 188 cm³/mol. The van der Waals surface area contributed by atoms with Gasteiger partial charge in [0.1, 0.15) is 24.2 Å². The lowest BCUT2D eigenvalue weighted by Crippen LogP contribution is -2.59. The minimum atomic E-state index is -1.47. The molecular formula is C37H43N5O10. The molecule has 4 amide bonds. The maximum Gasteiger partial charge on any atom is 0.326 e. The van der Waals surface area contributed by atoms with Crippen LogP contribution in [0.1, 0.15) is 42.4 Å². The molecule has 0 aliphatic carbocycles. The summed E-state index contributed by atoms with van der Waals surface area (Å²) in [7, 11) is 0. The van der Waals surface area contributed by atoms with Crippen LogP contribution in [0.4, 0.5) is 0 Å². The molecule has 0 spiro atoms. The second-order valence-electron chi connectivity index (χ2n) is 12.1. The summed E-state index contributed by atoms with van der Waals surface area (Å²) < 4.78 is 0. The van der Waals surface area contributed by atoms with E-state index in [0.29, 0.717) is 16.7 Å². The summed E-state index contributed by atoms with van der Waals surface area (Å²) in [6.45, 7) is 0. The Morgan fingerprint density at radius 2 is 0.788 bits per heavy atom. The normalized spacial score (nSPS) is 13.6. The monoisotopic (exact) mass is 717 g/mol. The van der Waals surface area contributed by atoms with Crippen molar-refractivity contribution >= 4 is 41.5 Å². The van der Waals surface area contributed by atoms with Crippen molar-refractivity contribution in [3.8, 4) is 0 Å². The standard InChI is InChI=1S/C37H43N5O10/c38-26(16-18-31(43)44)33(47)39-27(17-19-32(45)46)34(48)40-28(20-23-10-4-1-5-11-23)35(49)41-29(21-24-12-6-2-7-13-24)36(50)42-30(37(51)52)22-25-14-8-3-9-15-25/h1-15,26-30H,16-22,38H2,(H,39,47)(H,40,48)(H,41,49)(H,42,50)(H,43,44)(H,45,46)(H,51,52)/t26-,27-,28-,29-,30-/m0/s1. The van der Waals surface area contributed by atoms with Crippen LogP contribution in [0, 0.1) is 0 Å². The quantitative estimate of drug-likeness (QED) is 0.0765. The van der Waals surface area contributed by atoms with E-state index < -0.39 is 84.6 Å². The molecular weight excluding hydrogens is 674 g/mol. The third-order valence-corrected chi connectivity index (χ3v) is 8.01. The zero-order valence-electron chi connectivity index (χ0n) is 28.3. The van der Waals surface area contributed by atoms with Gasteiger partial charge in [-0.05, 0) is 29.5 Å². The fraction of sp³-hybridized carbons (Fsp3) is 0.324. The average Bonchev–Trinajstić information content (AvgIpc) is 3.12. The van der Waals surface area contributed by atoms with E-state index >= 15 is 0 Å². The highest BCUT2D eigenvalue weighted by Gasteiger charge is 2.32. The molecule has 3 rings (SSSR count). The molecule has 0 unspecified atom stereocenters. The number of benzene rings is 3. The minimum Gasteiger partial charge on any atom is -0.481 e. The van der Waals surface area contributed by atoms with Crippen LogP contribution in [0.15, 0.2) is 91.0 Å². The Labute approximate surface area is 300 Å². The summed E-state index contributed by atoms with van der Waals surface area (Å²) in [4.78, 5) is 88.5. The van der Waals surface area contributed by atoms with Gasteiger partial charge >= 0.3 is 17.9 Å². The highest BCUT2D eigenvalue weighted by atomic mass is 16.4. The van der Waals surface area contributed by atoms with Crippen molar-refractivity contribution in [3.63, 3.8) is 0 Å². The lowest BCUT2D eigenvalue weighted by Gasteiger charge is -2.26. The Balaban J connectivity index is 1.88. The van der Waals surface area contributed by atoms with Crippen LogP contribution in [0.2, 0.25) is 0 Å². The SMILES string of the molecule is N[C@@H](CCC(=O)O)C(=O)N[C@@H](CCC(=O)O)C(=O)N[C@@H](Cc1ccccc1)C(=O)N[C@@H](Cc1ccccc1)C(=O)N[C@@H](Cc1ccccc1)C(=O)O. The summed E-state index contributed by atoms with van der Waals surface area (Å²) in [5, 5.41) is 38.2. The Hall–Kier alpha value is -6.09. The molecule has 0 heterocycles. The number of carbonyl (C=O) groups excluding carboxylic acids is 4. The number of nitrogens with one attached hydrogen (secondary N) is 4. The van der Waals surface area contributed by atoms with E-state index in [1.165, 1.54) is 0 Å². The second-order valence-corrected chi connectivity index (χ2v) is 12.1. The molecule has 5 atom stereocenters. The van der Waals surface area contributed by atoms with Crippen LogP contribution in [0.25, 0.3) is 0 Å². The number of hydrogen-bond donors (Lipinski definition) is 8. The fourth-order valence-corrected chi connectivity index (χ4v) is 5.21. The molecule has 0 aliphatic rings. The summed E-state index contributed by atoms with van der Waals surface area (Å²) in [5.41, 5.74) is 7.73. The topological polar surface area (TPSA) is 254 Å². The van der Waals surface area contributed by atoms with Gasteiger partial charge in [0.25, 0.3) is 0 Å². The van der Waals surface area contributed by atoms with Crippen LogP contribution in [-0.4, -0.2) is 87.1 Å². The van der Waals surface area contributed by atoms with Gasteiger partial charge in [-0.15, -0.1) is 0 Å². The van der Waals surface area contributed by atoms with E-state index in [0.717, 1.165) is 0 Å². The smallest absolute Gasteiger partial charge is 0.326 e. The Kier molecular flexibility index (Phi) is 15.9. The molecule has 0 saturated heterocycles. The molecule has 276 valence electrons. The number of carboxylic acid groups (broad SMARTS) is 3. The zero-order valence-corrected chi connectivity index (χ0v) is 28.3. The largest absolute Gasteiger partial charge is 0.481 e. The number of aliphatic carboxylic acids is 3. The Bertz CT molecular complexity index is 1670. The van der Waals surface area contributed by atoms with Gasteiger partial charge in [-0.1, -0.05) is 91.0 Å². The van der Waals surface area contributed by atoms with Gasteiger partial charge in [0.15, 0.2) is 0 Å². The molecule has 3 aromatic carbocycles. The van der Waals surface area contributed by atoms with Crippen molar-refractivity contribution in [2.24, 2.45) is 5.73 Å². The lowest BCUT2D eigenvalue weighted by molar-refractivity contribution is -0.142. The van der Waals surface area contributed by atoms with E-state index in [1.54, 1.807) is 91.0 Å². The molecule has 15 heteroatoms. The summed E-state index contributed by atoms with van der Waals surface area (Å²) >= 11 is 0. The number of carboxylic acids is 3. The minimum absolute atomic E-state index is 0.0238. The third kappa shape index (κ3) is 14.0. The van der Waals surface area contributed by atoms with Crippen molar-refractivity contribution < 1.29 is 48.9 Å². The average molecular weight is 718 g/mol. The van der Waals surface area contributed by atoms with Gasteiger partial charge < -0.3 is 42.3 Å². The van der Waals surface area contributed by atoms with Gasteiger partial charge in [0.05, 0.1) is 6.04 Å². The van der Waals surface area contributed by atoms with Crippen LogP contribution < -0.4 is 27.0 Å². The molecule has 0 saturated carbocycles. The van der Waals surface area contributed by atoms with Crippen LogP contribution >= 0.6 is 0 Å². The first-order valence-corrected chi connectivity index (χ1v) is 16.6. The van der Waals surface area contributed by atoms with Crippen molar-refractivity contribution in [2.45, 2.75) is 75.2 Å². The summed E-state index contributed by atoms with van der Waals surface area (Å²) in [6, 6.07) is 19.2. The summed E-state index contributed by atoms with van der Waals surface area (Å²) in [5.74, 6) is -7.15. The predicted octanol–water partition coefficient (Wildman–Crippen LogP) is 0.795. The van der Waals surface area contributed by atoms with E-state index in [1.807, 2.05) is 0 Å². The highest BCUT2D eigenvalue weighted by Crippen LogP contribution is 2.10.